The Labute approximate surface area is 175 Å². The number of hydrogen-bond donors (Lipinski definition) is 1. The molecule has 0 saturated carbocycles. The second-order valence-electron chi connectivity index (χ2n) is 8.14. The van der Waals surface area contributed by atoms with Crippen LogP contribution in [0.5, 0.6) is 5.75 Å². The summed E-state index contributed by atoms with van der Waals surface area (Å²) >= 11 is 0. The minimum absolute atomic E-state index is 0.0612. The lowest BCUT2D eigenvalue weighted by Gasteiger charge is -2.32. The number of piperidine rings is 1. The molecule has 0 aliphatic carbocycles. The molecule has 1 atom stereocenters. The number of ether oxygens (including phenoxy) is 1. The van der Waals surface area contributed by atoms with Crippen LogP contribution >= 0.6 is 0 Å². The van der Waals surface area contributed by atoms with Gasteiger partial charge in [0, 0.05) is 37.0 Å². The summed E-state index contributed by atoms with van der Waals surface area (Å²) in [6.07, 6.45) is 2.02. The van der Waals surface area contributed by atoms with Gasteiger partial charge in [0.05, 0.1) is 18.1 Å². The van der Waals surface area contributed by atoms with Crippen molar-refractivity contribution in [3.63, 3.8) is 0 Å². The number of methoxy groups -OCH3 is 1. The zero-order chi connectivity index (χ0) is 20.8. The van der Waals surface area contributed by atoms with E-state index in [1.807, 2.05) is 48.2 Å². The molecule has 1 unspecified atom stereocenters. The summed E-state index contributed by atoms with van der Waals surface area (Å²) in [6, 6.07) is 14.1. The van der Waals surface area contributed by atoms with Gasteiger partial charge in [0.1, 0.15) is 17.3 Å². The summed E-state index contributed by atoms with van der Waals surface area (Å²) in [5, 5.41) is 1.03. The SMILES string of the molecule is COc1ccc2[nH]c(C(=O)N3CCCC(c4nc5ccccc5n4C)C3)c(C)c2c1. The van der Waals surface area contributed by atoms with Gasteiger partial charge in [-0.1, -0.05) is 12.1 Å². The number of aryl methyl sites for hydroxylation is 2. The fraction of sp³-hybridized carbons (Fsp3) is 0.333. The maximum absolute atomic E-state index is 13.4. The van der Waals surface area contributed by atoms with Gasteiger partial charge in [0.2, 0.25) is 0 Å². The number of amides is 1. The van der Waals surface area contributed by atoms with Gasteiger partial charge < -0.3 is 19.2 Å². The van der Waals surface area contributed by atoms with Crippen molar-refractivity contribution in [3.8, 4) is 5.75 Å². The van der Waals surface area contributed by atoms with Crippen LogP contribution in [0.25, 0.3) is 21.9 Å². The lowest BCUT2D eigenvalue weighted by atomic mass is 9.96. The van der Waals surface area contributed by atoms with Crippen LogP contribution < -0.4 is 4.74 Å². The Hall–Kier alpha value is -3.28. The molecular weight excluding hydrogens is 376 g/mol. The molecule has 154 valence electrons. The van der Waals surface area contributed by atoms with E-state index in [-0.39, 0.29) is 11.8 Å². The second kappa shape index (κ2) is 7.20. The summed E-state index contributed by atoms with van der Waals surface area (Å²) in [7, 11) is 3.73. The number of H-pyrrole nitrogens is 1. The molecule has 1 aliphatic heterocycles. The highest BCUT2D eigenvalue weighted by Crippen LogP contribution is 2.31. The van der Waals surface area contributed by atoms with Crippen LogP contribution in [0.4, 0.5) is 0 Å². The third kappa shape index (κ3) is 2.95. The number of carbonyl (C=O) groups excluding carboxylic acids is 1. The van der Waals surface area contributed by atoms with Crippen molar-refractivity contribution >= 4 is 27.8 Å². The van der Waals surface area contributed by atoms with Crippen molar-refractivity contribution in [1.29, 1.82) is 0 Å². The molecule has 0 bridgehead atoms. The number of hydrogen-bond acceptors (Lipinski definition) is 3. The van der Waals surface area contributed by atoms with E-state index in [9.17, 15) is 4.79 Å². The monoisotopic (exact) mass is 402 g/mol. The molecule has 5 rings (SSSR count). The van der Waals surface area contributed by atoms with Crippen LogP contribution in [-0.4, -0.2) is 45.5 Å². The van der Waals surface area contributed by atoms with E-state index in [1.54, 1.807) is 7.11 Å². The standard InChI is InChI=1S/C24H26N4O2/c1-15-18-13-17(30-3)10-11-19(18)25-22(15)24(29)28-12-6-7-16(14-28)23-26-20-8-4-5-9-21(20)27(23)2/h4-5,8-11,13,16,25H,6-7,12,14H2,1-3H3. The van der Waals surface area contributed by atoms with Crippen LogP contribution in [0.3, 0.4) is 0 Å². The van der Waals surface area contributed by atoms with Crippen LogP contribution in [0.15, 0.2) is 42.5 Å². The molecule has 30 heavy (non-hydrogen) atoms. The molecule has 6 nitrogen and oxygen atoms in total. The number of nitrogens with zero attached hydrogens (tertiary/aromatic N) is 3. The summed E-state index contributed by atoms with van der Waals surface area (Å²) in [4.78, 5) is 23.6. The first kappa shape index (κ1) is 18.7. The molecule has 2 aromatic carbocycles. The Morgan fingerprint density at radius 1 is 1.23 bits per heavy atom. The molecule has 1 N–H and O–H groups in total. The highest BCUT2D eigenvalue weighted by molar-refractivity contribution is 6.01. The fourth-order valence-electron chi connectivity index (χ4n) is 4.71. The van der Waals surface area contributed by atoms with Crippen molar-refractivity contribution in [2.75, 3.05) is 20.2 Å². The van der Waals surface area contributed by atoms with E-state index in [0.29, 0.717) is 12.2 Å². The number of fused-ring (bicyclic) bond motifs is 2. The molecule has 6 heteroatoms. The van der Waals surface area contributed by atoms with E-state index >= 15 is 0 Å². The van der Waals surface area contributed by atoms with Crippen LogP contribution in [-0.2, 0) is 7.05 Å². The van der Waals surface area contributed by atoms with E-state index in [0.717, 1.165) is 58.5 Å². The third-order valence-corrected chi connectivity index (χ3v) is 6.37. The van der Waals surface area contributed by atoms with Gasteiger partial charge >= 0.3 is 0 Å². The Kier molecular flexibility index (Phi) is 4.50. The summed E-state index contributed by atoms with van der Waals surface area (Å²) < 4.78 is 7.52. The number of carbonyl (C=O) groups is 1. The number of aromatic nitrogens is 3. The summed E-state index contributed by atoms with van der Waals surface area (Å²) in [6.45, 7) is 3.46. The van der Waals surface area contributed by atoms with Crippen LogP contribution in [0.1, 0.15) is 40.6 Å². The fourth-order valence-corrected chi connectivity index (χ4v) is 4.71. The Bertz CT molecular complexity index is 1250. The predicted molar refractivity (Wildman–Crippen MR) is 118 cm³/mol. The second-order valence-corrected chi connectivity index (χ2v) is 8.14. The molecule has 1 aliphatic rings. The van der Waals surface area contributed by atoms with Gasteiger partial charge in [-0.3, -0.25) is 4.79 Å². The minimum atomic E-state index is 0.0612. The average Bonchev–Trinajstić information content (AvgIpc) is 3.30. The van der Waals surface area contributed by atoms with Gasteiger partial charge in [-0.25, -0.2) is 4.98 Å². The lowest BCUT2D eigenvalue weighted by molar-refractivity contribution is 0.0698. The van der Waals surface area contributed by atoms with Gasteiger partial charge in [-0.2, -0.15) is 0 Å². The van der Waals surface area contributed by atoms with E-state index < -0.39 is 0 Å². The van der Waals surface area contributed by atoms with Crippen molar-refractivity contribution in [3.05, 3.63) is 59.5 Å². The first-order chi connectivity index (χ1) is 14.6. The third-order valence-electron chi connectivity index (χ3n) is 6.37. The van der Waals surface area contributed by atoms with Crippen molar-refractivity contribution in [1.82, 2.24) is 19.4 Å². The number of likely N-dealkylation sites (tertiary alicyclic amines) is 1. The maximum Gasteiger partial charge on any atom is 0.270 e. The number of benzene rings is 2. The highest BCUT2D eigenvalue weighted by atomic mass is 16.5. The van der Waals surface area contributed by atoms with Crippen LogP contribution in [0.2, 0.25) is 0 Å². The van der Waals surface area contributed by atoms with E-state index in [2.05, 4.69) is 22.7 Å². The Morgan fingerprint density at radius 2 is 2.07 bits per heavy atom. The summed E-state index contributed by atoms with van der Waals surface area (Å²) in [5.41, 5.74) is 4.75. The minimum Gasteiger partial charge on any atom is -0.497 e. The Morgan fingerprint density at radius 3 is 2.87 bits per heavy atom. The van der Waals surface area contributed by atoms with Gasteiger partial charge in [-0.05, 0) is 55.7 Å². The van der Waals surface area contributed by atoms with Gasteiger partial charge in [0.25, 0.3) is 5.91 Å². The van der Waals surface area contributed by atoms with Crippen molar-refractivity contribution in [2.24, 2.45) is 7.05 Å². The van der Waals surface area contributed by atoms with Gasteiger partial charge in [0.15, 0.2) is 0 Å². The molecule has 1 amide bonds. The average molecular weight is 402 g/mol. The molecule has 4 aromatic rings. The number of nitrogens with one attached hydrogen (secondary N) is 1. The number of rotatable bonds is 3. The molecular formula is C24H26N4O2. The first-order valence-corrected chi connectivity index (χ1v) is 10.4. The quantitative estimate of drug-likeness (QED) is 0.553. The number of aromatic amines is 1. The maximum atomic E-state index is 13.4. The van der Waals surface area contributed by atoms with E-state index in [1.165, 1.54) is 0 Å². The van der Waals surface area contributed by atoms with Crippen molar-refractivity contribution in [2.45, 2.75) is 25.7 Å². The van der Waals surface area contributed by atoms with Crippen molar-refractivity contribution < 1.29 is 9.53 Å². The zero-order valence-electron chi connectivity index (χ0n) is 17.6. The van der Waals surface area contributed by atoms with Gasteiger partial charge in [-0.15, -0.1) is 0 Å². The largest absolute Gasteiger partial charge is 0.497 e. The predicted octanol–water partition coefficient (Wildman–Crippen LogP) is 4.39. The topological polar surface area (TPSA) is 63.2 Å². The lowest BCUT2D eigenvalue weighted by Crippen LogP contribution is -2.40. The molecule has 2 aromatic heterocycles. The highest BCUT2D eigenvalue weighted by Gasteiger charge is 2.30. The Balaban J connectivity index is 1.44. The van der Waals surface area contributed by atoms with E-state index in [4.69, 9.17) is 9.72 Å². The smallest absolute Gasteiger partial charge is 0.270 e. The molecule has 1 saturated heterocycles. The summed E-state index contributed by atoms with van der Waals surface area (Å²) in [5.74, 6) is 2.16. The molecule has 3 heterocycles. The molecule has 0 radical (unpaired) electrons. The zero-order valence-corrected chi connectivity index (χ0v) is 17.6. The first-order valence-electron chi connectivity index (χ1n) is 10.4. The van der Waals surface area contributed by atoms with Crippen LogP contribution in [0, 0.1) is 6.92 Å². The molecule has 0 spiro atoms. The normalized spacial score (nSPS) is 17.0. The number of imidazole rings is 1. The number of para-hydroxylation sites is 2. The molecule has 1 fully saturated rings.